The van der Waals surface area contributed by atoms with Crippen molar-refractivity contribution in [1.29, 1.82) is 5.26 Å². The van der Waals surface area contributed by atoms with E-state index >= 15 is 0 Å². The van der Waals surface area contributed by atoms with Gasteiger partial charge in [0.25, 0.3) is 0 Å². The molecule has 0 saturated heterocycles. The summed E-state index contributed by atoms with van der Waals surface area (Å²) in [6.07, 6.45) is 0.189. The van der Waals surface area contributed by atoms with Gasteiger partial charge in [-0.15, -0.1) is 0 Å². The lowest BCUT2D eigenvalue weighted by Gasteiger charge is -2.40. The summed E-state index contributed by atoms with van der Waals surface area (Å²) >= 11 is 0. The van der Waals surface area contributed by atoms with Crippen molar-refractivity contribution < 1.29 is 14.9 Å². The molecule has 2 aromatic carbocycles. The van der Waals surface area contributed by atoms with Crippen LogP contribution in [-0.4, -0.2) is 46.8 Å². The van der Waals surface area contributed by atoms with E-state index in [2.05, 4.69) is 15.9 Å². The minimum atomic E-state index is -1.88. The molecule has 3 aromatic rings. The normalized spacial score (nSPS) is 29.1. The molecule has 2 heterocycles. The summed E-state index contributed by atoms with van der Waals surface area (Å²) in [5, 5.41) is 33.6. The molecule has 5 atom stereocenters. The van der Waals surface area contributed by atoms with Crippen LogP contribution in [0.4, 0.5) is 5.69 Å². The molecule has 1 aliphatic heterocycles. The predicted octanol–water partition coefficient (Wildman–Crippen LogP) is 3.32. The number of nitriles is 1. The molecule has 7 heteroatoms. The number of aliphatic hydroxyl groups excluding tert-OH is 1. The van der Waals surface area contributed by atoms with Gasteiger partial charge in [-0.1, -0.05) is 42.5 Å². The zero-order chi connectivity index (χ0) is 24.1. The van der Waals surface area contributed by atoms with Gasteiger partial charge in [-0.2, -0.15) is 5.26 Å². The first-order valence-corrected chi connectivity index (χ1v) is 11.0. The number of ether oxygens (including phenoxy) is 1. The van der Waals surface area contributed by atoms with Crippen LogP contribution < -0.4 is 4.74 Å². The quantitative estimate of drug-likeness (QED) is 0.590. The standard InChI is InChI=1S/C27H24N4O3/c1-29-20-13-22-24(30-15-20)26(33)25(32)21(16-31(2)3)23(18-7-5-4-6-8-18)27(26,34-22)19-11-9-17(14-28)10-12-19/h4-13,15,21,23,25,32-33H,16H2,2-3H3/t21-,23-,25-,26+,27+/m1/s1. The lowest BCUT2D eigenvalue weighted by molar-refractivity contribution is -0.153. The van der Waals surface area contributed by atoms with E-state index in [9.17, 15) is 15.5 Å². The number of aliphatic hydroxyl groups is 2. The molecule has 0 bridgehead atoms. The third-order valence-electron chi connectivity index (χ3n) is 7.04. The highest BCUT2D eigenvalue weighted by Gasteiger charge is 2.76. The highest BCUT2D eigenvalue weighted by atomic mass is 16.5. The van der Waals surface area contributed by atoms with E-state index in [1.165, 1.54) is 6.20 Å². The van der Waals surface area contributed by atoms with Crippen molar-refractivity contribution in [2.24, 2.45) is 5.92 Å². The minimum Gasteiger partial charge on any atom is -0.478 e. The first-order chi connectivity index (χ1) is 16.4. The summed E-state index contributed by atoms with van der Waals surface area (Å²) < 4.78 is 6.66. The number of rotatable bonds is 4. The molecular weight excluding hydrogens is 428 g/mol. The average molecular weight is 453 g/mol. The van der Waals surface area contributed by atoms with Crippen molar-refractivity contribution in [2.45, 2.75) is 23.2 Å². The topological polar surface area (TPSA) is 94.0 Å². The van der Waals surface area contributed by atoms with Crippen molar-refractivity contribution in [2.75, 3.05) is 20.6 Å². The zero-order valence-electron chi connectivity index (χ0n) is 18.9. The van der Waals surface area contributed by atoms with E-state index in [0.29, 0.717) is 17.7 Å². The zero-order valence-corrected chi connectivity index (χ0v) is 18.9. The molecule has 1 saturated carbocycles. The van der Waals surface area contributed by atoms with Crippen LogP contribution in [0.2, 0.25) is 0 Å². The second-order valence-corrected chi connectivity index (χ2v) is 9.20. The average Bonchev–Trinajstić information content (AvgIpc) is 3.22. The van der Waals surface area contributed by atoms with Gasteiger partial charge in [0.15, 0.2) is 11.2 Å². The third kappa shape index (κ3) is 2.89. The Hall–Kier alpha value is -3.75. The van der Waals surface area contributed by atoms with Gasteiger partial charge in [0.05, 0.1) is 24.3 Å². The number of nitrogens with zero attached hydrogens (tertiary/aromatic N) is 4. The first kappa shape index (κ1) is 22.1. The van der Waals surface area contributed by atoms with Crippen LogP contribution in [0, 0.1) is 23.8 Å². The number of hydrogen-bond donors (Lipinski definition) is 2. The largest absolute Gasteiger partial charge is 0.478 e. The van der Waals surface area contributed by atoms with Crippen molar-refractivity contribution >= 4 is 5.69 Å². The summed E-state index contributed by atoms with van der Waals surface area (Å²) in [4.78, 5) is 9.86. The number of aromatic nitrogens is 1. The van der Waals surface area contributed by atoms with E-state index in [4.69, 9.17) is 11.3 Å². The maximum atomic E-state index is 12.5. The highest BCUT2D eigenvalue weighted by molar-refractivity contribution is 5.58. The maximum absolute atomic E-state index is 12.5. The van der Waals surface area contributed by atoms with E-state index in [1.54, 1.807) is 30.3 Å². The minimum absolute atomic E-state index is 0.221. The van der Waals surface area contributed by atoms with Crippen LogP contribution in [0.1, 0.15) is 28.3 Å². The molecule has 2 N–H and O–H groups in total. The van der Waals surface area contributed by atoms with Crippen LogP contribution in [0.5, 0.6) is 5.75 Å². The summed E-state index contributed by atoms with van der Waals surface area (Å²) in [5.41, 5.74) is -0.770. The first-order valence-electron chi connectivity index (χ1n) is 11.0. The molecule has 1 aliphatic carbocycles. The Labute approximate surface area is 198 Å². The molecule has 1 aromatic heterocycles. The van der Waals surface area contributed by atoms with Crippen LogP contribution in [0.15, 0.2) is 66.9 Å². The second kappa shape index (κ2) is 7.93. The fourth-order valence-electron chi connectivity index (χ4n) is 5.76. The molecule has 0 amide bonds. The maximum Gasteiger partial charge on any atom is 0.208 e. The number of fused-ring (bicyclic) bond motifs is 3. The molecule has 0 spiro atoms. The van der Waals surface area contributed by atoms with Crippen LogP contribution in [0.25, 0.3) is 4.85 Å². The summed E-state index contributed by atoms with van der Waals surface area (Å²) in [5.74, 6) is -0.563. The highest BCUT2D eigenvalue weighted by Crippen LogP contribution is 2.68. The van der Waals surface area contributed by atoms with Crippen LogP contribution >= 0.6 is 0 Å². The van der Waals surface area contributed by atoms with E-state index in [-0.39, 0.29) is 17.1 Å². The molecule has 34 heavy (non-hydrogen) atoms. The number of pyridine rings is 1. The Morgan fingerprint density at radius 3 is 2.50 bits per heavy atom. The molecule has 1 fully saturated rings. The summed E-state index contributed by atoms with van der Waals surface area (Å²) in [7, 11) is 3.85. The summed E-state index contributed by atoms with van der Waals surface area (Å²) in [6, 6.07) is 20.3. The van der Waals surface area contributed by atoms with Gasteiger partial charge in [0.1, 0.15) is 11.4 Å². The molecule has 7 nitrogen and oxygen atoms in total. The van der Waals surface area contributed by atoms with Crippen molar-refractivity contribution in [3.8, 4) is 11.8 Å². The van der Waals surface area contributed by atoms with Gasteiger partial charge in [-0.25, -0.2) is 4.85 Å². The van der Waals surface area contributed by atoms with Gasteiger partial charge in [-0.3, -0.25) is 4.98 Å². The number of hydrogen-bond acceptors (Lipinski definition) is 6. The van der Waals surface area contributed by atoms with E-state index < -0.39 is 29.1 Å². The number of benzene rings is 2. The Morgan fingerprint density at radius 2 is 1.88 bits per heavy atom. The van der Waals surface area contributed by atoms with Crippen LogP contribution in [0.3, 0.4) is 0 Å². The van der Waals surface area contributed by atoms with Gasteiger partial charge in [0, 0.05) is 24.6 Å². The van der Waals surface area contributed by atoms with Crippen molar-refractivity contribution in [1.82, 2.24) is 9.88 Å². The molecule has 0 radical (unpaired) electrons. The predicted molar refractivity (Wildman–Crippen MR) is 125 cm³/mol. The van der Waals surface area contributed by atoms with Crippen LogP contribution in [-0.2, 0) is 11.2 Å². The fraction of sp³-hybridized carbons (Fsp3) is 0.296. The lowest BCUT2D eigenvalue weighted by atomic mass is 9.71. The Bertz CT molecular complexity index is 1310. The van der Waals surface area contributed by atoms with Crippen molar-refractivity contribution in [3.05, 3.63) is 101 Å². The summed E-state index contributed by atoms with van der Waals surface area (Å²) in [6.45, 7) is 7.88. The third-order valence-corrected chi connectivity index (χ3v) is 7.04. The molecule has 170 valence electrons. The van der Waals surface area contributed by atoms with Gasteiger partial charge in [0.2, 0.25) is 5.69 Å². The lowest BCUT2D eigenvalue weighted by Crippen LogP contribution is -2.52. The Balaban J connectivity index is 1.83. The van der Waals surface area contributed by atoms with Gasteiger partial charge < -0.3 is 19.8 Å². The van der Waals surface area contributed by atoms with Crippen molar-refractivity contribution in [3.63, 3.8) is 0 Å². The molecular formula is C27H24N4O3. The molecule has 2 aliphatic rings. The van der Waals surface area contributed by atoms with Gasteiger partial charge >= 0.3 is 0 Å². The Kier molecular flexibility index (Phi) is 5.15. The fourth-order valence-corrected chi connectivity index (χ4v) is 5.76. The second-order valence-electron chi connectivity index (χ2n) is 9.20. The van der Waals surface area contributed by atoms with Gasteiger partial charge in [-0.05, 0) is 43.4 Å². The van der Waals surface area contributed by atoms with E-state index in [0.717, 1.165) is 5.56 Å². The Morgan fingerprint density at radius 1 is 1.18 bits per heavy atom. The molecule has 5 rings (SSSR count). The molecule has 0 unspecified atom stereocenters. The monoisotopic (exact) mass is 452 g/mol. The smallest absolute Gasteiger partial charge is 0.208 e. The van der Waals surface area contributed by atoms with E-state index in [1.807, 2.05) is 49.3 Å². The SMILES string of the molecule is [C-]#[N+]c1cnc2c(c1)O[C@@]1(c3ccc(C#N)cc3)[C@H](c3ccccc3)[C@@H](CN(C)C)[C@@H](O)[C@@]21O.